The van der Waals surface area contributed by atoms with Crippen molar-refractivity contribution in [2.45, 2.75) is 40.0 Å². The second-order valence-electron chi connectivity index (χ2n) is 5.41. The van der Waals surface area contributed by atoms with Crippen molar-refractivity contribution >= 4 is 17.5 Å². The Morgan fingerprint density at radius 2 is 1.05 bits per heavy atom. The lowest BCUT2D eigenvalue weighted by molar-refractivity contribution is -0.127. The van der Waals surface area contributed by atoms with Gasteiger partial charge in [0.1, 0.15) is 5.92 Å². The minimum Gasteiger partial charge on any atom is -0.394 e. The van der Waals surface area contributed by atoms with Crippen molar-refractivity contribution in [3.63, 3.8) is 0 Å². The molecule has 1 atom stereocenters. The van der Waals surface area contributed by atoms with Gasteiger partial charge >= 0.3 is 0 Å². The van der Waals surface area contributed by atoms with E-state index < -0.39 is 5.92 Å². The Kier molecular flexibility index (Phi) is 113. The summed E-state index contributed by atoms with van der Waals surface area (Å²) in [7, 11) is 0. The van der Waals surface area contributed by atoms with Crippen LogP contribution in [0.2, 0.25) is 0 Å². The van der Waals surface area contributed by atoms with Crippen LogP contribution in [0.25, 0.3) is 0 Å². The third kappa shape index (κ3) is 45.9. The molecule has 0 bridgehead atoms. The Bertz CT molecular complexity index is 587. The normalized spacial score (nSPS) is 10.4. The molecule has 1 fully saturated rings. The van der Waals surface area contributed by atoms with E-state index in [0.717, 1.165) is 26.1 Å². The van der Waals surface area contributed by atoms with Gasteiger partial charge in [0.25, 0.3) is 11.8 Å². The number of ether oxygens (including phenoxy) is 1. The third-order valence-electron chi connectivity index (χ3n) is 3.43. The largest absolute Gasteiger partial charge is 0.394 e. The lowest BCUT2D eigenvalue weighted by Crippen LogP contribution is -2.35. The summed E-state index contributed by atoms with van der Waals surface area (Å²) in [6, 6.07) is 9.17. The number of aliphatic hydroxyl groups is 2. The van der Waals surface area contributed by atoms with Crippen molar-refractivity contribution in [1.82, 2.24) is 5.43 Å². The third-order valence-corrected chi connectivity index (χ3v) is 3.43. The Morgan fingerprint density at radius 1 is 0.690 bits per heavy atom. The van der Waals surface area contributed by atoms with Crippen LogP contribution < -0.4 is 10.4 Å². The molecule has 2 rings (SSSR count). The van der Waals surface area contributed by atoms with E-state index in [4.69, 9.17) is 14.9 Å². The molecule has 1 aliphatic heterocycles. The minimum atomic E-state index is -0.518. The molecule has 1 unspecified atom stereocenters. The molecule has 0 saturated carbocycles. The van der Waals surface area contributed by atoms with Crippen LogP contribution in [-0.4, -0.2) is 48.5 Å². The highest BCUT2D eigenvalue weighted by molar-refractivity contribution is 6.14. The average Bonchev–Trinajstić information content (AvgIpc) is 3.40. The summed E-state index contributed by atoms with van der Waals surface area (Å²) in [4.78, 5) is 23.8. The first kappa shape index (κ1) is 61.8. The van der Waals surface area contributed by atoms with Crippen LogP contribution in [0.4, 0.5) is 5.69 Å². The summed E-state index contributed by atoms with van der Waals surface area (Å²) in [5, 5.41) is 16.6. The Balaban J connectivity index is -0.0000000522. The van der Waals surface area contributed by atoms with E-state index in [-0.39, 0.29) is 25.0 Å². The zero-order valence-corrected chi connectivity index (χ0v) is 27.3. The van der Waals surface area contributed by atoms with E-state index in [0.29, 0.717) is 12.1 Å². The van der Waals surface area contributed by atoms with E-state index in [1.54, 1.807) is 12.1 Å². The van der Waals surface area contributed by atoms with Gasteiger partial charge in [-0.15, -0.1) is 105 Å². The quantitative estimate of drug-likeness (QED) is 0.218. The number of nitrogens with zero attached hydrogens (tertiary/aromatic N) is 1. The number of unbranched alkanes of at least 4 members (excludes halogenated alkanes) is 1. The zero-order valence-electron chi connectivity index (χ0n) is 27.3. The standard InChI is InChI=1S/C13H16N2O2.C4H10O.C2H6O2.8C2H4/c1-2-3-9-11-12(16)14-15(13(11)17)10-7-5-4-6-8-10;1-3-5-4-2;3-1-2-4;8*1-2/h4-8,11H,2-3,9H2,1H3,(H,14,16);3-4H2,1-2H3;3-4H,1-2H2;8*1-2H2. The molecule has 1 aromatic rings. The SMILES string of the molecule is C=C.C=C.C=C.C=C.C=C.C=C.C=C.C=C.CCCCC1C(=O)NN(c2ccccc2)C1=O.CCOCC.OCCO. The molecule has 2 amide bonds. The lowest BCUT2D eigenvalue weighted by Gasteiger charge is -2.14. The van der Waals surface area contributed by atoms with Crippen molar-refractivity contribution in [2.24, 2.45) is 5.92 Å². The summed E-state index contributed by atoms with van der Waals surface area (Å²) in [6.45, 7) is 55.5. The van der Waals surface area contributed by atoms with Crippen molar-refractivity contribution in [3.8, 4) is 0 Å². The van der Waals surface area contributed by atoms with Crippen LogP contribution in [0.3, 0.4) is 0 Å². The summed E-state index contributed by atoms with van der Waals surface area (Å²) >= 11 is 0. The number of amides is 2. The first-order chi connectivity index (χ1) is 20.6. The molecule has 0 spiro atoms. The summed E-state index contributed by atoms with van der Waals surface area (Å²) in [5.41, 5.74) is 3.34. The van der Waals surface area contributed by atoms with Crippen molar-refractivity contribution in [3.05, 3.63) is 136 Å². The van der Waals surface area contributed by atoms with E-state index in [1.807, 2.05) is 39.0 Å². The highest BCUT2D eigenvalue weighted by Gasteiger charge is 2.39. The highest BCUT2D eigenvalue weighted by Crippen LogP contribution is 2.22. The predicted octanol–water partition coefficient (Wildman–Crippen LogP) is 8.30. The van der Waals surface area contributed by atoms with Crippen LogP contribution >= 0.6 is 0 Å². The molecule has 1 saturated heterocycles. The molecule has 1 aromatic carbocycles. The van der Waals surface area contributed by atoms with Gasteiger partial charge in [0.2, 0.25) is 0 Å². The molecule has 244 valence electrons. The van der Waals surface area contributed by atoms with Gasteiger partial charge in [-0.05, 0) is 32.4 Å². The van der Waals surface area contributed by atoms with E-state index in [9.17, 15) is 9.59 Å². The fraction of sp³-hybridized carbons (Fsp3) is 0.314. The maximum absolute atomic E-state index is 12.1. The maximum Gasteiger partial charge on any atom is 0.258 e. The molecule has 0 radical (unpaired) electrons. The molecule has 7 heteroatoms. The van der Waals surface area contributed by atoms with Gasteiger partial charge in [-0.25, -0.2) is 5.01 Å². The van der Waals surface area contributed by atoms with E-state index >= 15 is 0 Å². The average molecular weight is 593 g/mol. The maximum atomic E-state index is 12.1. The number of nitrogens with one attached hydrogen (secondary N) is 1. The number of carbonyl (C=O) groups is 2. The second-order valence-corrected chi connectivity index (χ2v) is 5.41. The summed E-state index contributed by atoms with van der Waals surface area (Å²) < 4.78 is 4.83. The van der Waals surface area contributed by atoms with Crippen molar-refractivity contribution in [2.75, 3.05) is 31.4 Å². The van der Waals surface area contributed by atoms with Crippen LogP contribution in [0.1, 0.15) is 40.0 Å². The van der Waals surface area contributed by atoms with Gasteiger partial charge < -0.3 is 14.9 Å². The molecule has 7 nitrogen and oxygen atoms in total. The molecule has 0 aromatic heterocycles. The first-order valence-electron chi connectivity index (χ1n) is 13.1. The van der Waals surface area contributed by atoms with Gasteiger partial charge in [-0.1, -0.05) is 38.0 Å². The number of hydrazine groups is 1. The first-order valence-corrected chi connectivity index (χ1v) is 13.1. The Labute approximate surface area is 260 Å². The topological polar surface area (TPSA) is 99.1 Å². The van der Waals surface area contributed by atoms with Crippen molar-refractivity contribution < 1.29 is 24.5 Å². The van der Waals surface area contributed by atoms with Crippen molar-refractivity contribution in [1.29, 1.82) is 0 Å². The molecule has 42 heavy (non-hydrogen) atoms. The van der Waals surface area contributed by atoms with Gasteiger partial charge in [0, 0.05) is 13.2 Å². The van der Waals surface area contributed by atoms with Gasteiger partial charge in [-0.2, -0.15) is 0 Å². The molecular formula is C35H64N2O5. The molecule has 0 aliphatic carbocycles. The van der Waals surface area contributed by atoms with E-state index in [2.05, 4.69) is 111 Å². The lowest BCUT2D eigenvalue weighted by atomic mass is 10.0. The van der Waals surface area contributed by atoms with Crippen LogP contribution in [-0.2, 0) is 14.3 Å². The second kappa shape index (κ2) is 76.7. The van der Waals surface area contributed by atoms with E-state index in [1.165, 1.54) is 5.01 Å². The molecular weight excluding hydrogens is 528 g/mol. The van der Waals surface area contributed by atoms with Gasteiger partial charge in [-0.3, -0.25) is 15.0 Å². The van der Waals surface area contributed by atoms with Crippen LogP contribution in [0.15, 0.2) is 136 Å². The molecule has 3 N–H and O–H groups in total. The molecule has 1 heterocycles. The number of carbonyl (C=O) groups excluding carboxylic acids is 2. The number of para-hydroxylation sites is 1. The Morgan fingerprint density at radius 3 is 1.31 bits per heavy atom. The molecule has 1 aliphatic rings. The van der Waals surface area contributed by atoms with Crippen LogP contribution in [0, 0.1) is 5.92 Å². The highest BCUT2D eigenvalue weighted by atomic mass is 16.5. The monoisotopic (exact) mass is 592 g/mol. The number of anilines is 1. The number of hydrogen-bond acceptors (Lipinski definition) is 5. The predicted molar refractivity (Wildman–Crippen MR) is 191 cm³/mol. The fourth-order valence-electron chi connectivity index (χ4n) is 2.15. The smallest absolute Gasteiger partial charge is 0.258 e. The van der Waals surface area contributed by atoms with Gasteiger partial charge in [0.15, 0.2) is 0 Å². The summed E-state index contributed by atoms with van der Waals surface area (Å²) in [6.07, 6.45) is 2.51. The Hall–Kier alpha value is -4.04. The van der Waals surface area contributed by atoms with Gasteiger partial charge in [0.05, 0.1) is 18.9 Å². The minimum absolute atomic E-state index is 0.125. The number of rotatable bonds is 7. The number of benzene rings is 1. The zero-order chi connectivity index (χ0) is 35.8. The number of hydrogen-bond donors (Lipinski definition) is 3. The fourth-order valence-corrected chi connectivity index (χ4v) is 2.15. The summed E-state index contributed by atoms with van der Waals surface area (Å²) in [5.74, 6) is -0.850. The van der Waals surface area contributed by atoms with Crippen LogP contribution in [0.5, 0.6) is 0 Å². The number of aliphatic hydroxyl groups excluding tert-OH is 2.